The summed E-state index contributed by atoms with van der Waals surface area (Å²) in [5.41, 5.74) is 2.23. The number of Topliss-reactive ketones (excluding diaryl/α,β-unsaturated/α-hetero) is 1. The molecule has 0 saturated carbocycles. The molecule has 0 spiro atoms. The number of piperidine rings is 1. The van der Waals surface area contributed by atoms with Gasteiger partial charge in [0.05, 0.1) is 13.1 Å². The van der Waals surface area contributed by atoms with E-state index in [0.717, 1.165) is 30.6 Å². The third kappa shape index (κ3) is 6.17. The third-order valence-electron chi connectivity index (χ3n) is 6.91. The Morgan fingerprint density at radius 1 is 1.16 bits per heavy atom. The molecule has 3 atom stereocenters. The molecule has 1 fully saturated rings. The van der Waals surface area contributed by atoms with Gasteiger partial charge in [0, 0.05) is 19.0 Å². The number of carboxylic acids is 1. The summed E-state index contributed by atoms with van der Waals surface area (Å²) in [5, 5.41) is 21.5. The van der Waals surface area contributed by atoms with Crippen LogP contribution in [0.25, 0.3) is 0 Å². The van der Waals surface area contributed by atoms with Crippen LogP contribution < -0.4 is 5.32 Å². The predicted octanol–water partition coefficient (Wildman–Crippen LogP) is 3.09. The molecule has 6 nitrogen and oxygen atoms in total. The van der Waals surface area contributed by atoms with Gasteiger partial charge in [-0.05, 0) is 54.0 Å². The van der Waals surface area contributed by atoms with Crippen LogP contribution in [-0.4, -0.2) is 59.6 Å². The first-order chi connectivity index (χ1) is 15.3. The van der Waals surface area contributed by atoms with Crippen LogP contribution in [0.4, 0.5) is 0 Å². The van der Waals surface area contributed by atoms with E-state index in [1.54, 1.807) is 6.07 Å². The number of ketones is 1. The zero-order valence-electron chi connectivity index (χ0n) is 19.0. The number of hydrogen-bond donors (Lipinski definition) is 3. The summed E-state index contributed by atoms with van der Waals surface area (Å²) in [6.07, 6.45) is 1.59. The molecule has 1 aliphatic heterocycles. The Kier molecular flexibility index (Phi) is 8.04. The molecule has 1 unspecified atom stereocenters. The predicted molar refractivity (Wildman–Crippen MR) is 125 cm³/mol. The molecule has 0 aliphatic carbocycles. The van der Waals surface area contributed by atoms with E-state index >= 15 is 0 Å². The number of likely N-dealkylation sites (tertiary alicyclic amines) is 1. The minimum Gasteiger partial charge on any atom is -0.508 e. The zero-order valence-corrected chi connectivity index (χ0v) is 19.0. The van der Waals surface area contributed by atoms with E-state index in [1.807, 2.05) is 42.5 Å². The number of hydrogen-bond acceptors (Lipinski definition) is 5. The van der Waals surface area contributed by atoms with Crippen molar-refractivity contribution in [1.82, 2.24) is 10.2 Å². The molecular formula is C26H34N2O4. The van der Waals surface area contributed by atoms with E-state index in [1.165, 1.54) is 0 Å². The topological polar surface area (TPSA) is 89.9 Å². The Hall–Kier alpha value is -2.70. The van der Waals surface area contributed by atoms with Gasteiger partial charge < -0.3 is 20.4 Å². The van der Waals surface area contributed by atoms with E-state index in [9.17, 15) is 14.7 Å². The zero-order chi connectivity index (χ0) is 23.1. The molecule has 172 valence electrons. The van der Waals surface area contributed by atoms with Gasteiger partial charge in [0.1, 0.15) is 5.75 Å². The standard InChI is InChI=1S/C26H34N2O4/c1-19-17-28(12-11-26(19,2)22-9-6-10-23(29)14-22)18-21(13-20-7-4-3-5-8-20)24(30)15-27-16-25(31)32/h3-10,14,19,21,27,29H,11-13,15-18H2,1-2H3,(H,31,32)/t19-,21-,26?/m0/s1. The highest BCUT2D eigenvalue weighted by Gasteiger charge is 2.39. The maximum absolute atomic E-state index is 13.0. The van der Waals surface area contributed by atoms with Gasteiger partial charge >= 0.3 is 5.97 Å². The molecule has 2 aromatic carbocycles. The molecule has 0 radical (unpaired) electrons. The largest absolute Gasteiger partial charge is 0.508 e. The Morgan fingerprint density at radius 3 is 2.56 bits per heavy atom. The van der Waals surface area contributed by atoms with Crippen molar-refractivity contribution in [3.05, 3.63) is 65.7 Å². The van der Waals surface area contributed by atoms with Crippen molar-refractivity contribution < 1.29 is 19.8 Å². The van der Waals surface area contributed by atoms with Gasteiger partial charge in [-0.15, -0.1) is 0 Å². The van der Waals surface area contributed by atoms with E-state index < -0.39 is 5.97 Å². The number of carbonyl (C=O) groups excluding carboxylic acids is 1. The molecule has 3 N–H and O–H groups in total. The molecule has 2 aromatic rings. The number of carbonyl (C=O) groups is 2. The monoisotopic (exact) mass is 438 g/mol. The van der Waals surface area contributed by atoms with Gasteiger partial charge in [0.15, 0.2) is 5.78 Å². The number of aromatic hydroxyl groups is 1. The van der Waals surface area contributed by atoms with Gasteiger partial charge in [-0.1, -0.05) is 56.3 Å². The van der Waals surface area contributed by atoms with Crippen molar-refractivity contribution in [1.29, 1.82) is 0 Å². The smallest absolute Gasteiger partial charge is 0.317 e. The second-order valence-electron chi connectivity index (χ2n) is 9.23. The lowest BCUT2D eigenvalue weighted by molar-refractivity contribution is -0.136. The molecule has 3 rings (SSSR count). The van der Waals surface area contributed by atoms with E-state index in [4.69, 9.17) is 5.11 Å². The fourth-order valence-electron chi connectivity index (χ4n) is 4.70. The van der Waals surface area contributed by atoms with Crippen molar-refractivity contribution in [3.63, 3.8) is 0 Å². The third-order valence-corrected chi connectivity index (χ3v) is 6.91. The van der Waals surface area contributed by atoms with Crippen LogP contribution >= 0.6 is 0 Å². The van der Waals surface area contributed by atoms with Crippen molar-refractivity contribution in [2.75, 3.05) is 32.7 Å². The molecule has 1 aliphatic rings. The van der Waals surface area contributed by atoms with E-state index in [2.05, 4.69) is 30.1 Å². The van der Waals surface area contributed by atoms with Crippen molar-refractivity contribution >= 4 is 11.8 Å². The molecule has 1 saturated heterocycles. The first-order valence-electron chi connectivity index (χ1n) is 11.3. The number of phenolic OH excluding ortho intramolecular Hbond substituents is 1. The average Bonchev–Trinajstić information content (AvgIpc) is 2.76. The van der Waals surface area contributed by atoms with Gasteiger partial charge in [-0.25, -0.2) is 0 Å². The molecule has 1 heterocycles. The summed E-state index contributed by atoms with van der Waals surface area (Å²) in [7, 11) is 0. The summed E-state index contributed by atoms with van der Waals surface area (Å²) in [5.74, 6) is -0.468. The van der Waals surface area contributed by atoms with E-state index in [-0.39, 0.29) is 30.2 Å². The fourth-order valence-corrected chi connectivity index (χ4v) is 4.70. The van der Waals surface area contributed by atoms with Gasteiger partial charge in [0.2, 0.25) is 0 Å². The number of rotatable bonds is 10. The lowest BCUT2D eigenvalue weighted by Crippen LogP contribution is -2.49. The molecular weight excluding hydrogens is 404 g/mol. The van der Waals surface area contributed by atoms with Gasteiger partial charge in [0.25, 0.3) is 0 Å². The summed E-state index contributed by atoms with van der Waals surface area (Å²) in [4.78, 5) is 26.1. The SMILES string of the molecule is C[C@H]1CN(C[C@H](Cc2ccccc2)C(=O)CNCC(=O)O)CCC1(C)c1cccc(O)c1. The molecule has 32 heavy (non-hydrogen) atoms. The normalized spacial score (nSPS) is 22.4. The quantitative estimate of drug-likeness (QED) is 0.528. The highest BCUT2D eigenvalue weighted by molar-refractivity contribution is 5.84. The number of nitrogens with one attached hydrogen (secondary N) is 1. The molecule has 0 amide bonds. The van der Waals surface area contributed by atoms with Crippen molar-refractivity contribution in [2.24, 2.45) is 11.8 Å². The van der Waals surface area contributed by atoms with Gasteiger partial charge in [-0.3, -0.25) is 9.59 Å². The molecule has 0 aromatic heterocycles. The van der Waals surface area contributed by atoms with Crippen LogP contribution in [0.2, 0.25) is 0 Å². The number of benzene rings is 2. The lowest BCUT2D eigenvalue weighted by atomic mass is 9.68. The van der Waals surface area contributed by atoms with Crippen LogP contribution in [0.15, 0.2) is 54.6 Å². The lowest BCUT2D eigenvalue weighted by Gasteiger charge is -2.45. The maximum atomic E-state index is 13.0. The second-order valence-corrected chi connectivity index (χ2v) is 9.23. The minimum atomic E-state index is -0.964. The van der Waals surface area contributed by atoms with Crippen LogP contribution in [0, 0.1) is 11.8 Å². The number of aliphatic carboxylic acids is 1. The van der Waals surface area contributed by atoms with Crippen molar-refractivity contribution in [3.8, 4) is 5.75 Å². The van der Waals surface area contributed by atoms with Crippen LogP contribution in [0.1, 0.15) is 31.4 Å². The Bertz CT molecular complexity index is 917. The highest BCUT2D eigenvalue weighted by atomic mass is 16.4. The number of phenols is 1. The summed E-state index contributed by atoms with van der Waals surface area (Å²) >= 11 is 0. The van der Waals surface area contributed by atoms with Crippen LogP contribution in [-0.2, 0) is 21.4 Å². The van der Waals surface area contributed by atoms with Gasteiger partial charge in [-0.2, -0.15) is 0 Å². The summed E-state index contributed by atoms with van der Waals surface area (Å²) < 4.78 is 0. The number of nitrogens with zero attached hydrogens (tertiary/aromatic N) is 1. The van der Waals surface area contributed by atoms with Crippen molar-refractivity contribution in [2.45, 2.75) is 32.1 Å². The Morgan fingerprint density at radius 2 is 1.91 bits per heavy atom. The van der Waals surface area contributed by atoms with Crippen LogP contribution in [0.5, 0.6) is 5.75 Å². The maximum Gasteiger partial charge on any atom is 0.317 e. The Labute approximate surface area is 190 Å². The summed E-state index contributed by atoms with van der Waals surface area (Å²) in [6, 6.07) is 17.5. The molecule has 0 bridgehead atoms. The first-order valence-corrected chi connectivity index (χ1v) is 11.3. The summed E-state index contributed by atoms with van der Waals surface area (Å²) in [6.45, 7) is 6.74. The van der Waals surface area contributed by atoms with Crippen LogP contribution in [0.3, 0.4) is 0 Å². The first kappa shape index (κ1) is 24.0. The minimum absolute atomic E-state index is 0.0305. The fraction of sp³-hybridized carbons (Fsp3) is 0.462. The van der Waals surface area contributed by atoms with E-state index in [0.29, 0.717) is 24.6 Å². The average molecular weight is 439 g/mol. The Balaban J connectivity index is 1.67. The highest BCUT2D eigenvalue weighted by Crippen LogP contribution is 2.40. The molecule has 6 heteroatoms. The number of carboxylic acid groups (broad SMARTS) is 1. The second kappa shape index (κ2) is 10.7.